The van der Waals surface area contributed by atoms with E-state index in [-0.39, 0.29) is 22.5 Å². The van der Waals surface area contributed by atoms with E-state index in [9.17, 15) is 13.2 Å². The molecule has 2 aromatic carbocycles. The van der Waals surface area contributed by atoms with Crippen LogP contribution in [0.5, 0.6) is 0 Å². The molecule has 8 heteroatoms. The smallest absolute Gasteiger partial charge is 0.257 e. The zero-order valence-electron chi connectivity index (χ0n) is 13.2. The Labute approximate surface area is 152 Å². The molecule has 0 aromatic heterocycles. The van der Waals surface area contributed by atoms with Gasteiger partial charge in [0.2, 0.25) is 10.0 Å². The first kappa shape index (κ1) is 18.8. The highest BCUT2D eigenvalue weighted by molar-refractivity contribution is 7.89. The lowest BCUT2D eigenvalue weighted by Crippen LogP contribution is -2.34. The standard InChI is InChI=1S/C17H17N3O3S2/c1-2-12-18-25(22,23)15-10-8-14(9-11-15)19-17(24)20-16(21)13-6-4-3-5-7-13/h2-11,18H,1,12H2,(H2,19,20,21,24). The summed E-state index contributed by atoms with van der Waals surface area (Å²) in [5, 5.41) is 5.51. The lowest BCUT2D eigenvalue weighted by Gasteiger charge is -2.10. The van der Waals surface area contributed by atoms with Gasteiger partial charge in [0.1, 0.15) is 0 Å². The van der Waals surface area contributed by atoms with Gasteiger partial charge in [0, 0.05) is 17.8 Å². The van der Waals surface area contributed by atoms with E-state index < -0.39 is 10.0 Å². The Bertz CT molecular complexity index is 864. The summed E-state index contributed by atoms with van der Waals surface area (Å²) in [5.74, 6) is -0.328. The Balaban J connectivity index is 1.98. The molecule has 3 N–H and O–H groups in total. The molecule has 0 unspecified atom stereocenters. The van der Waals surface area contributed by atoms with Gasteiger partial charge in [-0.15, -0.1) is 6.58 Å². The minimum Gasteiger partial charge on any atom is -0.332 e. The van der Waals surface area contributed by atoms with Gasteiger partial charge in [0.25, 0.3) is 5.91 Å². The Morgan fingerprint density at radius 3 is 2.32 bits per heavy atom. The first-order chi connectivity index (χ1) is 11.9. The van der Waals surface area contributed by atoms with E-state index in [1.54, 1.807) is 36.4 Å². The van der Waals surface area contributed by atoms with Crippen LogP contribution in [0.3, 0.4) is 0 Å². The summed E-state index contributed by atoms with van der Waals surface area (Å²) in [6.45, 7) is 3.61. The molecule has 0 fully saturated rings. The predicted molar refractivity (Wildman–Crippen MR) is 102 cm³/mol. The van der Waals surface area contributed by atoms with Crippen molar-refractivity contribution in [1.29, 1.82) is 0 Å². The van der Waals surface area contributed by atoms with Crippen LogP contribution in [0.2, 0.25) is 0 Å². The Morgan fingerprint density at radius 2 is 1.72 bits per heavy atom. The highest BCUT2D eigenvalue weighted by Gasteiger charge is 2.12. The molecule has 0 saturated carbocycles. The van der Waals surface area contributed by atoms with Crippen LogP contribution in [0.4, 0.5) is 5.69 Å². The fraction of sp³-hybridized carbons (Fsp3) is 0.0588. The van der Waals surface area contributed by atoms with Crippen LogP contribution < -0.4 is 15.4 Å². The molecule has 6 nitrogen and oxygen atoms in total. The number of rotatable bonds is 6. The van der Waals surface area contributed by atoms with Gasteiger partial charge in [0.05, 0.1) is 4.90 Å². The van der Waals surface area contributed by atoms with Crippen molar-refractivity contribution < 1.29 is 13.2 Å². The van der Waals surface area contributed by atoms with E-state index in [4.69, 9.17) is 12.2 Å². The number of nitrogens with one attached hydrogen (secondary N) is 3. The summed E-state index contributed by atoms with van der Waals surface area (Å²) in [6.07, 6.45) is 1.46. The van der Waals surface area contributed by atoms with E-state index in [1.807, 2.05) is 6.07 Å². The number of hydrogen-bond acceptors (Lipinski definition) is 4. The summed E-state index contributed by atoms with van der Waals surface area (Å²) >= 11 is 5.09. The van der Waals surface area contributed by atoms with Gasteiger partial charge in [-0.2, -0.15) is 0 Å². The maximum Gasteiger partial charge on any atom is 0.257 e. The molecule has 0 aliphatic rings. The first-order valence-corrected chi connectivity index (χ1v) is 9.19. The molecular weight excluding hydrogens is 358 g/mol. The fourth-order valence-electron chi connectivity index (χ4n) is 1.90. The summed E-state index contributed by atoms with van der Waals surface area (Å²) in [4.78, 5) is 12.1. The second-order valence-electron chi connectivity index (χ2n) is 4.94. The first-order valence-electron chi connectivity index (χ1n) is 7.30. The van der Waals surface area contributed by atoms with E-state index >= 15 is 0 Å². The van der Waals surface area contributed by atoms with Gasteiger partial charge in [-0.1, -0.05) is 24.3 Å². The number of thiocarbonyl (C=S) groups is 1. The lowest BCUT2D eigenvalue weighted by atomic mass is 10.2. The lowest BCUT2D eigenvalue weighted by molar-refractivity contribution is 0.0977. The Morgan fingerprint density at radius 1 is 1.08 bits per heavy atom. The van der Waals surface area contributed by atoms with Crippen molar-refractivity contribution in [2.24, 2.45) is 0 Å². The van der Waals surface area contributed by atoms with Gasteiger partial charge in [-0.3, -0.25) is 10.1 Å². The summed E-state index contributed by atoms with van der Waals surface area (Å²) in [7, 11) is -3.57. The Hall–Kier alpha value is -2.55. The van der Waals surface area contributed by atoms with Crippen molar-refractivity contribution in [3.05, 3.63) is 72.8 Å². The van der Waals surface area contributed by atoms with E-state index in [0.29, 0.717) is 11.3 Å². The van der Waals surface area contributed by atoms with Gasteiger partial charge in [-0.25, -0.2) is 13.1 Å². The van der Waals surface area contributed by atoms with Gasteiger partial charge in [-0.05, 0) is 48.6 Å². The molecule has 2 aromatic rings. The summed E-state index contributed by atoms with van der Waals surface area (Å²) in [6, 6.07) is 14.7. The topological polar surface area (TPSA) is 87.3 Å². The predicted octanol–water partition coefficient (Wildman–Crippen LogP) is 2.28. The van der Waals surface area contributed by atoms with E-state index in [2.05, 4.69) is 21.9 Å². The summed E-state index contributed by atoms with van der Waals surface area (Å²) < 4.78 is 26.3. The second-order valence-corrected chi connectivity index (χ2v) is 7.11. The molecule has 0 aliphatic heterocycles. The molecular formula is C17H17N3O3S2. The van der Waals surface area contributed by atoms with E-state index in [1.165, 1.54) is 18.2 Å². The van der Waals surface area contributed by atoms with Crippen LogP contribution in [-0.4, -0.2) is 26.0 Å². The monoisotopic (exact) mass is 375 g/mol. The quantitative estimate of drug-likeness (QED) is 0.533. The van der Waals surface area contributed by atoms with Crippen LogP contribution in [0, 0.1) is 0 Å². The summed E-state index contributed by atoms with van der Waals surface area (Å²) in [5.41, 5.74) is 1.04. The average Bonchev–Trinajstić information content (AvgIpc) is 2.61. The van der Waals surface area contributed by atoms with Crippen LogP contribution >= 0.6 is 12.2 Å². The van der Waals surface area contributed by atoms with Crippen molar-refractivity contribution in [3.8, 4) is 0 Å². The van der Waals surface area contributed by atoms with Crippen molar-refractivity contribution in [2.75, 3.05) is 11.9 Å². The van der Waals surface area contributed by atoms with Crippen LogP contribution in [0.15, 0.2) is 72.1 Å². The molecule has 0 bridgehead atoms. The number of carbonyl (C=O) groups excluding carboxylic acids is 1. The molecule has 1 amide bonds. The molecule has 0 radical (unpaired) electrons. The molecule has 0 heterocycles. The highest BCUT2D eigenvalue weighted by atomic mass is 32.2. The number of benzene rings is 2. The zero-order chi connectivity index (χ0) is 18.3. The zero-order valence-corrected chi connectivity index (χ0v) is 14.9. The largest absolute Gasteiger partial charge is 0.332 e. The normalized spacial score (nSPS) is 10.7. The maximum atomic E-state index is 12.0. The molecule has 0 spiro atoms. The third kappa shape index (κ3) is 5.49. The van der Waals surface area contributed by atoms with Crippen LogP contribution in [-0.2, 0) is 10.0 Å². The van der Waals surface area contributed by atoms with Crippen LogP contribution in [0.25, 0.3) is 0 Å². The van der Waals surface area contributed by atoms with Crippen molar-refractivity contribution >= 4 is 38.9 Å². The molecule has 130 valence electrons. The SMILES string of the molecule is C=CCNS(=O)(=O)c1ccc(NC(=S)NC(=O)c2ccccc2)cc1. The molecule has 0 saturated heterocycles. The third-order valence-electron chi connectivity index (χ3n) is 3.10. The highest BCUT2D eigenvalue weighted by Crippen LogP contribution is 2.14. The molecule has 0 atom stereocenters. The van der Waals surface area contributed by atoms with Crippen molar-refractivity contribution in [2.45, 2.75) is 4.90 Å². The number of sulfonamides is 1. The number of anilines is 1. The number of amides is 1. The molecule has 25 heavy (non-hydrogen) atoms. The second kappa shape index (κ2) is 8.52. The minimum absolute atomic E-state index is 0.120. The third-order valence-corrected chi connectivity index (χ3v) is 4.75. The van der Waals surface area contributed by atoms with Crippen LogP contribution in [0.1, 0.15) is 10.4 Å². The number of carbonyl (C=O) groups is 1. The van der Waals surface area contributed by atoms with Gasteiger partial charge >= 0.3 is 0 Å². The van der Waals surface area contributed by atoms with E-state index in [0.717, 1.165) is 0 Å². The average molecular weight is 375 g/mol. The van der Waals surface area contributed by atoms with Crippen molar-refractivity contribution in [3.63, 3.8) is 0 Å². The number of hydrogen-bond donors (Lipinski definition) is 3. The van der Waals surface area contributed by atoms with Gasteiger partial charge < -0.3 is 5.32 Å². The van der Waals surface area contributed by atoms with Crippen molar-refractivity contribution in [1.82, 2.24) is 10.0 Å². The van der Waals surface area contributed by atoms with Gasteiger partial charge in [0.15, 0.2) is 5.11 Å². The molecule has 2 rings (SSSR count). The Kier molecular flexibility index (Phi) is 6.40. The minimum atomic E-state index is -3.57. The fourth-order valence-corrected chi connectivity index (χ4v) is 3.11. The maximum absolute atomic E-state index is 12.0. The molecule has 0 aliphatic carbocycles.